The average molecular weight is 625 g/mol. The molecule has 1 aliphatic heterocycles. The Morgan fingerprint density at radius 3 is 2.36 bits per heavy atom. The van der Waals surface area contributed by atoms with Crippen LogP contribution in [0.2, 0.25) is 18.1 Å². The van der Waals surface area contributed by atoms with E-state index >= 15 is 0 Å². The summed E-state index contributed by atoms with van der Waals surface area (Å²) in [6.45, 7) is 19.4. The Kier molecular flexibility index (Phi) is 12.2. The third-order valence-corrected chi connectivity index (χ3v) is 15.4. The molecule has 6 nitrogen and oxygen atoms in total. The summed E-state index contributed by atoms with van der Waals surface area (Å²) in [6, 6.07) is 10.2. The molecule has 2 aliphatic carbocycles. The smallest absolute Gasteiger partial charge is 0.844 e. The topological polar surface area (TPSA) is 69.2 Å². The van der Waals surface area contributed by atoms with E-state index in [-0.39, 0.29) is 80.7 Å². The third-order valence-electron chi connectivity index (χ3n) is 10.9. The molecule has 1 aromatic rings. The number of allylic oxidation sites excluding steroid dienone is 1. The van der Waals surface area contributed by atoms with Crippen LogP contribution in [-0.2, 0) is 30.0 Å². The summed E-state index contributed by atoms with van der Waals surface area (Å²) >= 11 is 0. The van der Waals surface area contributed by atoms with Crippen LogP contribution in [0.4, 0.5) is 0 Å². The molecule has 230 valence electrons. The normalized spacial score (nSPS) is 34.2. The van der Waals surface area contributed by atoms with Crippen LogP contribution in [-0.4, -0.2) is 58.8 Å². The fraction of sp³-hybridized carbons (Fsp3) is 0.706. The van der Waals surface area contributed by atoms with Gasteiger partial charge in [0.05, 0.1) is 25.4 Å². The summed E-state index contributed by atoms with van der Waals surface area (Å²) in [5, 5.41) is 15.1. The second kappa shape index (κ2) is 14.0. The van der Waals surface area contributed by atoms with Crippen LogP contribution in [0.3, 0.4) is 0 Å². The number of hydrogen-bond donors (Lipinski definition) is 0. The van der Waals surface area contributed by atoms with E-state index in [9.17, 15) is 5.11 Å². The maximum absolute atomic E-state index is 14.9. The SMILES string of the molecule is C/C=C/[C@@]1([O-])[C@H](OCOC)[C@H]2CC[C@]1(/C=C/[C@]1(OCc3ccccc3)CO[C@@H]1CCO[Si](C)(C)C(C)(C)C)C2(C)C.[K+]. The second-order valence-electron chi connectivity index (χ2n) is 14.4. The van der Waals surface area contributed by atoms with E-state index in [0.717, 1.165) is 24.8 Å². The zero-order chi connectivity index (χ0) is 30.2. The van der Waals surface area contributed by atoms with Gasteiger partial charge in [-0.15, -0.1) is 0 Å². The monoisotopic (exact) mass is 624 g/mol. The predicted molar refractivity (Wildman–Crippen MR) is 164 cm³/mol. The standard InChI is InChI=1S/C34H53O6Si.K/c1-10-18-34(35)29(38-25-36-7)27-16-19-33(34,31(27,5)6)21-20-32(39-23-26-14-12-11-13-15-26)24-37-28(32)17-22-40-41(8,9)30(2,3)4;/h10-15,18,20-21,27-29H,16-17,19,22-25H2,1-9H3;/q-1;+1/b18-10+,21-20+;/t27-,28-,29-,32+,33+,34-;/m1./s1. The molecule has 0 radical (unpaired) electrons. The van der Waals surface area contributed by atoms with Gasteiger partial charge in [0.2, 0.25) is 0 Å². The van der Waals surface area contributed by atoms with Crippen LogP contribution in [0.15, 0.2) is 54.6 Å². The Morgan fingerprint density at radius 1 is 1.10 bits per heavy atom. The average Bonchev–Trinajstić information content (AvgIpc) is 3.23. The van der Waals surface area contributed by atoms with Crippen molar-refractivity contribution in [3.8, 4) is 0 Å². The molecule has 2 saturated carbocycles. The van der Waals surface area contributed by atoms with E-state index in [1.165, 1.54) is 0 Å². The Bertz CT molecular complexity index is 1090. The number of methoxy groups -OCH3 is 1. The fourth-order valence-electron chi connectivity index (χ4n) is 7.22. The second-order valence-corrected chi connectivity index (χ2v) is 19.2. The maximum atomic E-state index is 14.9. The molecule has 1 aromatic carbocycles. The van der Waals surface area contributed by atoms with Gasteiger partial charge in [-0.3, -0.25) is 0 Å². The van der Waals surface area contributed by atoms with Gasteiger partial charge in [0.15, 0.2) is 8.32 Å². The molecule has 4 rings (SSSR count). The van der Waals surface area contributed by atoms with E-state index in [0.29, 0.717) is 19.8 Å². The van der Waals surface area contributed by atoms with E-state index in [4.69, 9.17) is 23.4 Å². The zero-order valence-electron chi connectivity index (χ0n) is 27.8. The van der Waals surface area contributed by atoms with Crippen LogP contribution in [0.1, 0.15) is 66.4 Å². The van der Waals surface area contributed by atoms with Crippen molar-refractivity contribution < 1.29 is 79.9 Å². The van der Waals surface area contributed by atoms with E-state index in [2.05, 4.69) is 72.0 Å². The van der Waals surface area contributed by atoms with Gasteiger partial charge in [0, 0.05) is 13.7 Å². The first kappa shape index (κ1) is 36.8. The molecule has 0 spiro atoms. The third kappa shape index (κ3) is 6.58. The Labute approximate surface area is 298 Å². The van der Waals surface area contributed by atoms with Crippen molar-refractivity contribution in [3.05, 3.63) is 60.2 Å². The molecular weight excluding hydrogens is 572 g/mol. The van der Waals surface area contributed by atoms with E-state index in [1.807, 2.05) is 37.3 Å². The summed E-state index contributed by atoms with van der Waals surface area (Å²) in [4.78, 5) is 0. The van der Waals surface area contributed by atoms with Crippen LogP contribution in [0.5, 0.6) is 0 Å². The molecule has 3 fully saturated rings. The minimum atomic E-state index is -1.88. The maximum Gasteiger partial charge on any atom is 1.00 e. The van der Waals surface area contributed by atoms with Gasteiger partial charge >= 0.3 is 51.4 Å². The molecule has 0 N–H and O–H groups in total. The summed E-state index contributed by atoms with van der Waals surface area (Å²) in [6.07, 6.45) is 9.99. The fourth-order valence-corrected chi connectivity index (χ4v) is 8.28. The van der Waals surface area contributed by atoms with Gasteiger partial charge in [0.1, 0.15) is 12.4 Å². The largest absolute Gasteiger partial charge is 1.00 e. The van der Waals surface area contributed by atoms with Crippen molar-refractivity contribution in [3.63, 3.8) is 0 Å². The van der Waals surface area contributed by atoms with Gasteiger partial charge < -0.3 is 28.5 Å². The van der Waals surface area contributed by atoms with Gasteiger partial charge in [0.25, 0.3) is 0 Å². The Morgan fingerprint density at radius 2 is 1.79 bits per heavy atom. The van der Waals surface area contributed by atoms with E-state index < -0.39 is 31.0 Å². The molecule has 0 aromatic heterocycles. The van der Waals surface area contributed by atoms with Crippen LogP contribution < -0.4 is 56.5 Å². The quantitative estimate of drug-likeness (QED) is 0.190. The van der Waals surface area contributed by atoms with E-state index in [1.54, 1.807) is 7.11 Å². The van der Waals surface area contributed by atoms with Crippen LogP contribution in [0.25, 0.3) is 0 Å². The Balaban J connectivity index is 0.00000484. The molecule has 1 heterocycles. The first-order valence-corrected chi connectivity index (χ1v) is 18.2. The van der Waals surface area contributed by atoms with Crippen molar-refractivity contribution in [1.29, 1.82) is 0 Å². The first-order chi connectivity index (χ1) is 19.2. The summed E-state index contributed by atoms with van der Waals surface area (Å²) < 4.78 is 30.8. The zero-order valence-corrected chi connectivity index (χ0v) is 32.0. The van der Waals surface area contributed by atoms with Crippen molar-refractivity contribution in [1.82, 2.24) is 0 Å². The van der Waals surface area contributed by atoms with Crippen molar-refractivity contribution in [2.24, 2.45) is 16.7 Å². The summed E-state index contributed by atoms with van der Waals surface area (Å²) in [7, 11) is -0.277. The molecule has 3 aliphatic rings. The van der Waals surface area contributed by atoms with Gasteiger partial charge in [-0.2, -0.15) is 0 Å². The van der Waals surface area contributed by atoms with Gasteiger partial charge in [-0.25, -0.2) is 0 Å². The molecule has 6 atom stereocenters. The molecule has 0 unspecified atom stereocenters. The molecular formula is C34H53KO6Si. The first-order valence-electron chi connectivity index (χ1n) is 15.3. The minimum absolute atomic E-state index is 0. The molecule has 42 heavy (non-hydrogen) atoms. The minimum Gasteiger partial charge on any atom is -0.844 e. The number of hydrogen-bond acceptors (Lipinski definition) is 6. The van der Waals surface area contributed by atoms with Crippen molar-refractivity contribution in [2.45, 2.75) is 109 Å². The van der Waals surface area contributed by atoms with Crippen molar-refractivity contribution >= 4 is 8.32 Å². The van der Waals surface area contributed by atoms with Crippen LogP contribution >= 0.6 is 0 Å². The number of benzene rings is 1. The number of rotatable bonds is 13. The van der Waals surface area contributed by atoms with Crippen LogP contribution in [0, 0.1) is 16.7 Å². The predicted octanol–water partition coefficient (Wildman–Crippen LogP) is 3.41. The number of ether oxygens (including phenoxy) is 4. The van der Waals surface area contributed by atoms with Gasteiger partial charge in [-0.05, 0) is 66.6 Å². The Hall–Kier alpha value is 0.313. The molecule has 1 saturated heterocycles. The molecule has 2 bridgehead atoms. The van der Waals surface area contributed by atoms with Crippen molar-refractivity contribution in [2.75, 3.05) is 27.1 Å². The molecule has 0 amide bonds. The summed E-state index contributed by atoms with van der Waals surface area (Å²) in [5.41, 5.74) is -1.80. The van der Waals surface area contributed by atoms with Gasteiger partial charge in [-0.1, -0.05) is 94.9 Å². The number of fused-ring (bicyclic) bond motifs is 2. The molecule has 8 heteroatoms. The summed E-state index contributed by atoms with van der Waals surface area (Å²) in [5.74, 6) is 0.142.